The van der Waals surface area contributed by atoms with Gasteiger partial charge in [-0.25, -0.2) is 8.78 Å². The fourth-order valence-electron chi connectivity index (χ4n) is 0.492. The zero-order valence-corrected chi connectivity index (χ0v) is 6.55. The molecule has 0 unspecified atom stereocenters. The van der Waals surface area contributed by atoms with Crippen LogP contribution in [0.3, 0.4) is 0 Å². The van der Waals surface area contributed by atoms with Gasteiger partial charge in [0.25, 0.3) is 0 Å². The molecular weight excluding hydrogens is 178 g/mol. The molecule has 0 aliphatic carbocycles. The van der Waals surface area contributed by atoms with Crippen LogP contribution < -0.4 is 0 Å². The molecule has 56 valence electrons. The number of halogens is 3. The Morgan fingerprint density at radius 3 is 2.20 bits per heavy atom. The first-order chi connectivity index (χ1) is 4.22. The maximum absolute atomic E-state index is 12.3. The fraction of sp³-hybridized carbons (Fsp3) is 0. The largest absolute Gasteiger partial charge is 0.204 e. The maximum atomic E-state index is 12.3. The molecule has 0 aromatic heterocycles. The lowest BCUT2D eigenvalue weighted by Gasteiger charge is -1.92. The Kier molecular flexibility index (Phi) is 3.68. The summed E-state index contributed by atoms with van der Waals surface area (Å²) < 4.78 is 24.4. The van der Waals surface area contributed by atoms with Crippen LogP contribution in [0.4, 0.5) is 8.78 Å². The highest BCUT2D eigenvalue weighted by atomic mass is 35.5. The summed E-state index contributed by atoms with van der Waals surface area (Å²) in [6, 6.07) is 3.84. The van der Waals surface area contributed by atoms with Crippen LogP contribution in [0.2, 0.25) is 0 Å². The van der Waals surface area contributed by atoms with Gasteiger partial charge in [-0.15, -0.1) is 25.0 Å². The van der Waals surface area contributed by atoms with Crippen molar-refractivity contribution in [1.29, 1.82) is 0 Å². The highest BCUT2D eigenvalue weighted by Crippen LogP contribution is 2.13. The molecule has 1 aromatic rings. The predicted molar refractivity (Wildman–Crippen MR) is 40.9 cm³/mol. The van der Waals surface area contributed by atoms with Crippen LogP contribution in [0.1, 0.15) is 0 Å². The van der Waals surface area contributed by atoms with Crippen LogP contribution in [0.5, 0.6) is 0 Å². The van der Waals surface area contributed by atoms with Crippen molar-refractivity contribution in [3.05, 3.63) is 29.8 Å². The predicted octanol–water partition coefficient (Wildman–Crippen LogP) is 2.68. The summed E-state index contributed by atoms with van der Waals surface area (Å²) in [7, 11) is 0. The molecule has 1 aromatic carbocycles. The van der Waals surface area contributed by atoms with Crippen molar-refractivity contribution >= 4 is 25.0 Å². The van der Waals surface area contributed by atoms with Crippen LogP contribution in [-0.2, 0) is 0 Å². The average molecular weight is 183 g/mol. The summed E-state index contributed by atoms with van der Waals surface area (Å²) in [5.74, 6) is -1.75. The van der Waals surface area contributed by atoms with Crippen molar-refractivity contribution in [3.63, 3.8) is 0 Å². The van der Waals surface area contributed by atoms with Crippen LogP contribution in [0.15, 0.2) is 23.1 Å². The second-order valence-corrected chi connectivity index (χ2v) is 2.05. The van der Waals surface area contributed by atoms with E-state index in [2.05, 4.69) is 12.6 Å². The molecule has 0 heterocycles. The van der Waals surface area contributed by atoms with E-state index in [1.165, 1.54) is 12.1 Å². The van der Waals surface area contributed by atoms with Gasteiger partial charge in [0.2, 0.25) is 0 Å². The van der Waals surface area contributed by atoms with E-state index in [1.807, 2.05) is 0 Å². The second kappa shape index (κ2) is 3.78. The molecule has 1 rings (SSSR count). The fourth-order valence-corrected chi connectivity index (χ4v) is 0.685. The molecule has 0 fully saturated rings. The average Bonchev–Trinajstić information content (AvgIpc) is 1.83. The number of hydrogen-bond acceptors (Lipinski definition) is 1. The normalized spacial score (nSPS) is 8.70. The summed E-state index contributed by atoms with van der Waals surface area (Å²) >= 11 is 3.65. The van der Waals surface area contributed by atoms with Gasteiger partial charge in [0.05, 0.1) is 0 Å². The van der Waals surface area contributed by atoms with E-state index in [1.54, 1.807) is 0 Å². The third-order valence-electron chi connectivity index (χ3n) is 0.931. The number of hydrogen-bond donors (Lipinski definition) is 1. The van der Waals surface area contributed by atoms with Crippen LogP contribution in [0.25, 0.3) is 0 Å². The van der Waals surface area contributed by atoms with E-state index >= 15 is 0 Å². The summed E-state index contributed by atoms with van der Waals surface area (Å²) in [6.07, 6.45) is 0. The second-order valence-electron chi connectivity index (χ2n) is 1.57. The van der Waals surface area contributed by atoms with Gasteiger partial charge in [-0.3, -0.25) is 0 Å². The molecule has 10 heavy (non-hydrogen) atoms. The Morgan fingerprint density at radius 2 is 1.80 bits per heavy atom. The molecule has 0 atom stereocenters. The quantitative estimate of drug-likeness (QED) is 0.586. The minimum Gasteiger partial charge on any atom is -0.204 e. The summed E-state index contributed by atoms with van der Waals surface area (Å²) in [5.41, 5.74) is 0. The lowest BCUT2D eigenvalue weighted by atomic mass is 10.3. The molecule has 0 saturated heterocycles. The molecule has 0 nitrogen and oxygen atoms in total. The molecular formula is C6H5ClF2S. The Bertz CT molecular complexity index is 207. The molecule has 0 aliphatic heterocycles. The van der Waals surface area contributed by atoms with Gasteiger partial charge in [0.1, 0.15) is 0 Å². The Morgan fingerprint density at radius 1 is 1.20 bits per heavy atom. The molecule has 0 spiro atoms. The number of thiol groups is 1. The maximum Gasteiger partial charge on any atom is 0.172 e. The van der Waals surface area contributed by atoms with Crippen molar-refractivity contribution in [2.24, 2.45) is 0 Å². The summed E-state index contributed by atoms with van der Waals surface area (Å²) in [6.45, 7) is 0. The Balaban J connectivity index is 0.000000810. The first-order valence-corrected chi connectivity index (χ1v) is 2.79. The van der Waals surface area contributed by atoms with Gasteiger partial charge in [-0.1, -0.05) is 6.07 Å². The lowest BCUT2D eigenvalue weighted by Crippen LogP contribution is -1.82. The molecule has 0 radical (unpaired) electrons. The molecule has 0 saturated carbocycles. The zero-order valence-electron chi connectivity index (χ0n) is 4.84. The molecule has 0 bridgehead atoms. The van der Waals surface area contributed by atoms with Gasteiger partial charge < -0.3 is 0 Å². The zero-order chi connectivity index (χ0) is 6.85. The van der Waals surface area contributed by atoms with Gasteiger partial charge in [-0.05, 0) is 12.1 Å². The monoisotopic (exact) mass is 182 g/mol. The third kappa shape index (κ3) is 1.85. The van der Waals surface area contributed by atoms with E-state index in [4.69, 9.17) is 0 Å². The van der Waals surface area contributed by atoms with Gasteiger partial charge in [0, 0.05) is 4.90 Å². The summed E-state index contributed by atoms with van der Waals surface area (Å²) in [4.78, 5) is 0.0370. The van der Waals surface area contributed by atoms with Crippen molar-refractivity contribution in [2.45, 2.75) is 4.90 Å². The van der Waals surface area contributed by atoms with Gasteiger partial charge >= 0.3 is 0 Å². The Hall–Kier alpha value is -0.280. The van der Waals surface area contributed by atoms with E-state index in [0.717, 1.165) is 6.07 Å². The Labute approximate surface area is 69.1 Å². The van der Waals surface area contributed by atoms with Crippen LogP contribution >= 0.6 is 25.0 Å². The highest BCUT2D eigenvalue weighted by molar-refractivity contribution is 7.80. The van der Waals surface area contributed by atoms with E-state index in [-0.39, 0.29) is 17.3 Å². The van der Waals surface area contributed by atoms with Crippen molar-refractivity contribution in [2.75, 3.05) is 0 Å². The number of benzene rings is 1. The van der Waals surface area contributed by atoms with Crippen LogP contribution in [-0.4, -0.2) is 0 Å². The van der Waals surface area contributed by atoms with E-state index in [0.29, 0.717) is 0 Å². The standard InChI is InChI=1S/C6H4F2S.ClH/c7-4-2-1-3-5(9)6(4)8;/h1-3,9H;1H. The van der Waals surface area contributed by atoms with E-state index < -0.39 is 11.6 Å². The topological polar surface area (TPSA) is 0 Å². The molecule has 4 heteroatoms. The minimum absolute atomic E-state index is 0. The van der Waals surface area contributed by atoms with Crippen LogP contribution in [0, 0.1) is 11.6 Å². The first-order valence-electron chi connectivity index (χ1n) is 2.35. The SMILES string of the molecule is Cl.Fc1cccc(S)c1F. The molecule has 0 amide bonds. The molecule has 0 aliphatic rings. The molecule has 0 N–H and O–H groups in total. The van der Waals surface area contributed by atoms with Gasteiger partial charge in [-0.2, -0.15) is 0 Å². The smallest absolute Gasteiger partial charge is 0.172 e. The van der Waals surface area contributed by atoms with Crippen molar-refractivity contribution in [3.8, 4) is 0 Å². The van der Waals surface area contributed by atoms with Crippen molar-refractivity contribution in [1.82, 2.24) is 0 Å². The van der Waals surface area contributed by atoms with E-state index in [9.17, 15) is 8.78 Å². The highest BCUT2D eigenvalue weighted by Gasteiger charge is 2.01. The lowest BCUT2D eigenvalue weighted by molar-refractivity contribution is 0.492. The first kappa shape index (κ1) is 9.72. The third-order valence-corrected chi connectivity index (χ3v) is 1.28. The number of rotatable bonds is 0. The minimum atomic E-state index is -0.888. The van der Waals surface area contributed by atoms with Gasteiger partial charge in [0.15, 0.2) is 11.6 Å². The summed E-state index contributed by atoms with van der Waals surface area (Å²) in [5, 5.41) is 0. The van der Waals surface area contributed by atoms with Crippen molar-refractivity contribution < 1.29 is 8.78 Å².